The number of halogens is 2. The smallest absolute Gasteiger partial charge is 0.335 e. The summed E-state index contributed by atoms with van der Waals surface area (Å²) in [6, 6.07) is 12.1. The summed E-state index contributed by atoms with van der Waals surface area (Å²) in [4.78, 5) is 11.4. The standard InChI is InChI=1S/C27H21ClFN7O3/c28-21-6-7-24(35-15-30-32-33-35)22(11-21)19-10-23(29)26(36(39)14-19)25(8-16-4-5-16)34-13-20(12-31-34)17-2-1-3-18(9-17)27(37)38/h1-3,6-7,9-16,25H,4-5,8H2,(H,37,38). The van der Waals surface area contributed by atoms with Crippen molar-refractivity contribution < 1.29 is 19.0 Å². The molecule has 0 amide bonds. The number of carboxylic acid groups (broad SMARTS) is 1. The molecule has 1 aliphatic rings. The van der Waals surface area contributed by atoms with Crippen molar-refractivity contribution in [2.45, 2.75) is 25.3 Å². The fraction of sp³-hybridized carbons (Fsp3) is 0.185. The average Bonchev–Trinajstić information content (AvgIpc) is 3.36. The van der Waals surface area contributed by atoms with Crippen LogP contribution in [0.1, 0.15) is 41.4 Å². The highest BCUT2D eigenvalue weighted by atomic mass is 35.5. The summed E-state index contributed by atoms with van der Waals surface area (Å²) in [6.07, 6.45) is 8.57. The van der Waals surface area contributed by atoms with Gasteiger partial charge in [0.2, 0.25) is 0 Å². The predicted molar refractivity (Wildman–Crippen MR) is 139 cm³/mol. The zero-order chi connectivity index (χ0) is 27.1. The van der Waals surface area contributed by atoms with Gasteiger partial charge in [0.15, 0.2) is 12.0 Å². The second kappa shape index (κ2) is 9.91. The van der Waals surface area contributed by atoms with Crippen LogP contribution in [0.3, 0.4) is 0 Å². The molecule has 5 aromatic rings. The Kier molecular flexibility index (Phi) is 6.27. The minimum absolute atomic E-state index is 0.0504. The van der Waals surface area contributed by atoms with Crippen molar-refractivity contribution in [2.24, 2.45) is 5.92 Å². The van der Waals surface area contributed by atoms with Crippen molar-refractivity contribution in [1.82, 2.24) is 30.0 Å². The summed E-state index contributed by atoms with van der Waals surface area (Å²) in [7, 11) is 0. The van der Waals surface area contributed by atoms with E-state index in [0.717, 1.165) is 12.8 Å². The first-order valence-corrected chi connectivity index (χ1v) is 12.6. The van der Waals surface area contributed by atoms with Crippen LogP contribution in [0.15, 0.2) is 73.4 Å². The van der Waals surface area contributed by atoms with Crippen molar-refractivity contribution in [1.29, 1.82) is 0 Å². The lowest BCUT2D eigenvalue weighted by molar-refractivity contribution is -0.617. The second-order valence-electron chi connectivity index (χ2n) is 9.49. The van der Waals surface area contributed by atoms with Crippen molar-refractivity contribution in [3.8, 4) is 27.9 Å². The van der Waals surface area contributed by atoms with E-state index in [9.17, 15) is 15.1 Å². The number of nitrogens with zero attached hydrogens (tertiary/aromatic N) is 7. The maximum Gasteiger partial charge on any atom is 0.335 e. The van der Waals surface area contributed by atoms with Gasteiger partial charge in [0.05, 0.1) is 23.0 Å². The largest absolute Gasteiger partial charge is 0.618 e. The van der Waals surface area contributed by atoms with Crippen LogP contribution in [0.4, 0.5) is 4.39 Å². The van der Waals surface area contributed by atoms with Gasteiger partial charge in [-0.15, -0.1) is 5.10 Å². The van der Waals surface area contributed by atoms with E-state index >= 15 is 4.39 Å². The van der Waals surface area contributed by atoms with E-state index in [-0.39, 0.29) is 11.3 Å². The van der Waals surface area contributed by atoms with E-state index in [1.807, 2.05) is 0 Å². The quantitative estimate of drug-likeness (QED) is 0.221. The summed E-state index contributed by atoms with van der Waals surface area (Å²) in [6.45, 7) is 0. The molecular formula is C27H21ClFN7O3. The van der Waals surface area contributed by atoms with Crippen LogP contribution in [-0.2, 0) is 0 Å². The molecular weight excluding hydrogens is 525 g/mol. The van der Waals surface area contributed by atoms with E-state index in [1.54, 1.807) is 53.5 Å². The molecule has 3 heterocycles. The van der Waals surface area contributed by atoms with Gasteiger partial charge in [-0.1, -0.05) is 36.6 Å². The van der Waals surface area contributed by atoms with Crippen LogP contribution in [-0.4, -0.2) is 41.1 Å². The first-order valence-electron chi connectivity index (χ1n) is 12.2. The predicted octanol–water partition coefficient (Wildman–Crippen LogP) is 4.71. The van der Waals surface area contributed by atoms with Crippen molar-refractivity contribution in [3.63, 3.8) is 0 Å². The Labute approximate surface area is 226 Å². The molecule has 1 atom stereocenters. The fourth-order valence-corrected chi connectivity index (χ4v) is 4.89. The fourth-order valence-electron chi connectivity index (χ4n) is 4.72. The minimum Gasteiger partial charge on any atom is -0.618 e. The molecule has 0 spiro atoms. The van der Waals surface area contributed by atoms with Crippen LogP contribution in [0, 0.1) is 16.9 Å². The van der Waals surface area contributed by atoms with Crippen molar-refractivity contribution in [3.05, 3.63) is 101 Å². The third-order valence-electron chi connectivity index (χ3n) is 6.82. The number of rotatable bonds is 8. The van der Waals surface area contributed by atoms with E-state index < -0.39 is 17.8 Å². The van der Waals surface area contributed by atoms with Gasteiger partial charge in [0.1, 0.15) is 12.4 Å². The number of pyridine rings is 1. The van der Waals surface area contributed by atoms with E-state index in [2.05, 4.69) is 20.6 Å². The molecule has 0 bridgehead atoms. The molecule has 1 N–H and O–H groups in total. The molecule has 1 saturated carbocycles. The number of benzene rings is 2. The third kappa shape index (κ3) is 4.96. The lowest BCUT2D eigenvalue weighted by atomic mass is 10.0. The zero-order valence-corrected chi connectivity index (χ0v) is 21.1. The Hall–Kier alpha value is -4.64. The highest BCUT2D eigenvalue weighted by Gasteiger charge is 2.35. The van der Waals surface area contributed by atoms with Gasteiger partial charge >= 0.3 is 5.97 Å². The first-order chi connectivity index (χ1) is 18.9. The number of tetrazole rings is 1. The molecule has 39 heavy (non-hydrogen) atoms. The van der Waals surface area contributed by atoms with Crippen LogP contribution in [0.2, 0.25) is 5.02 Å². The monoisotopic (exact) mass is 545 g/mol. The summed E-state index contributed by atoms with van der Waals surface area (Å²) in [5.74, 6) is -1.36. The normalized spacial score (nSPS) is 13.9. The molecule has 10 nitrogen and oxygen atoms in total. The number of carbonyl (C=O) groups is 1. The SMILES string of the molecule is O=C(O)c1cccc(-c2cnn(C(CC3CC3)c3c(F)cc(-c4cc(Cl)ccc4-n4cnnn4)c[n+]3[O-])c2)c1. The summed E-state index contributed by atoms with van der Waals surface area (Å²) >= 11 is 6.23. The molecule has 12 heteroatoms. The highest BCUT2D eigenvalue weighted by Crippen LogP contribution is 2.40. The molecule has 1 unspecified atom stereocenters. The van der Waals surface area contributed by atoms with Crippen LogP contribution >= 0.6 is 11.6 Å². The first kappa shape index (κ1) is 24.7. The van der Waals surface area contributed by atoms with E-state index in [4.69, 9.17) is 11.6 Å². The van der Waals surface area contributed by atoms with Crippen molar-refractivity contribution in [2.75, 3.05) is 0 Å². The number of aromatic carboxylic acids is 1. The molecule has 1 aliphatic carbocycles. The lowest BCUT2D eigenvalue weighted by Gasteiger charge is -2.18. The van der Waals surface area contributed by atoms with Gasteiger partial charge in [-0.25, -0.2) is 4.79 Å². The van der Waals surface area contributed by atoms with Gasteiger partial charge in [-0.05, 0) is 64.7 Å². The minimum atomic E-state index is -1.03. The van der Waals surface area contributed by atoms with Gasteiger partial charge in [0, 0.05) is 22.3 Å². The van der Waals surface area contributed by atoms with Crippen LogP contribution in [0.5, 0.6) is 0 Å². The van der Waals surface area contributed by atoms with Gasteiger partial charge in [0.25, 0.3) is 5.69 Å². The molecule has 196 valence electrons. The highest BCUT2D eigenvalue weighted by molar-refractivity contribution is 6.31. The zero-order valence-electron chi connectivity index (χ0n) is 20.4. The summed E-state index contributed by atoms with van der Waals surface area (Å²) < 4.78 is 19.4. The Balaban J connectivity index is 1.40. The molecule has 6 rings (SSSR count). The molecule has 0 radical (unpaired) electrons. The number of carboxylic acids is 1. The second-order valence-corrected chi connectivity index (χ2v) is 9.93. The molecule has 0 aliphatic heterocycles. The average molecular weight is 546 g/mol. The lowest BCUT2D eigenvalue weighted by Crippen LogP contribution is -2.37. The Morgan fingerprint density at radius 1 is 1.18 bits per heavy atom. The molecule has 3 aromatic heterocycles. The van der Waals surface area contributed by atoms with Gasteiger partial charge in [-0.3, -0.25) is 4.68 Å². The van der Waals surface area contributed by atoms with Crippen LogP contribution < -0.4 is 4.73 Å². The van der Waals surface area contributed by atoms with Crippen LogP contribution in [0.25, 0.3) is 27.9 Å². The Bertz CT molecular complexity index is 1660. The van der Waals surface area contributed by atoms with Gasteiger partial charge < -0.3 is 10.3 Å². The van der Waals surface area contributed by atoms with E-state index in [1.165, 1.54) is 29.3 Å². The Morgan fingerprint density at radius 3 is 2.74 bits per heavy atom. The number of hydrogen-bond acceptors (Lipinski definition) is 6. The number of hydrogen-bond donors (Lipinski definition) is 1. The number of aromatic nitrogens is 7. The van der Waals surface area contributed by atoms with Crippen molar-refractivity contribution >= 4 is 17.6 Å². The van der Waals surface area contributed by atoms with Gasteiger partial charge in [-0.2, -0.15) is 18.9 Å². The third-order valence-corrected chi connectivity index (χ3v) is 7.05. The maximum absolute atomic E-state index is 15.8. The Morgan fingerprint density at radius 2 is 2.03 bits per heavy atom. The topological polar surface area (TPSA) is 126 Å². The maximum atomic E-state index is 15.8. The summed E-state index contributed by atoms with van der Waals surface area (Å²) in [5, 5.41) is 38.8. The summed E-state index contributed by atoms with van der Waals surface area (Å²) in [5.41, 5.74) is 2.76. The molecule has 0 saturated heterocycles. The van der Waals surface area contributed by atoms with E-state index in [0.29, 0.717) is 50.0 Å². The molecule has 2 aromatic carbocycles. The molecule has 1 fully saturated rings.